The Bertz CT molecular complexity index is 2800. The van der Waals surface area contributed by atoms with Gasteiger partial charge in [0.05, 0.1) is 47.6 Å². The highest BCUT2D eigenvalue weighted by Crippen LogP contribution is 2.58. The predicted octanol–water partition coefficient (Wildman–Crippen LogP) is 15.6. The molecule has 0 spiro atoms. The first kappa shape index (κ1) is 51.3. The lowest BCUT2D eigenvalue weighted by Crippen LogP contribution is -2.19. The summed E-state index contributed by atoms with van der Waals surface area (Å²) in [6.45, 7) is 0. The van der Waals surface area contributed by atoms with E-state index in [4.69, 9.17) is 18.5 Å². The third-order valence-corrected chi connectivity index (χ3v) is 15.0. The Kier molecular flexibility index (Phi) is 14.7. The second-order valence-corrected chi connectivity index (χ2v) is 19.3. The van der Waals surface area contributed by atoms with Gasteiger partial charge < -0.3 is 18.5 Å². The number of halogens is 12. The standard InChI is InChI=1S/C54H36F12O4P2/c1-67-45-31-29-43(33-9-5-3-6-10-33)49(69-71(39-21-13-35(14-22-39)51(55,56)57)40-23-15-36(16-24-40)52(58,59)60)47(45)48-46(68-2)32-30-44(34-11-7-4-8-12-34)50(48)70-72(41-25-17-37(18-26-41)53(61,62)63)42-27-19-38(20-28-42)54(64,65)66/h3-32H,1-2H3. The van der Waals surface area contributed by atoms with Crippen molar-refractivity contribution in [1.82, 2.24) is 0 Å². The number of methoxy groups -OCH3 is 2. The normalized spacial score (nSPS) is 12.3. The van der Waals surface area contributed by atoms with Gasteiger partial charge in [0.1, 0.15) is 23.0 Å². The van der Waals surface area contributed by atoms with Gasteiger partial charge in [0.2, 0.25) is 0 Å². The Hall–Kier alpha value is -7.02. The molecule has 0 atom stereocenters. The van der Waals surface area contributed by atoms with Crippen molar-refractivity contribution in [2.45, 2.75) is 24.7 Å². The fourth-order valence-corrected chi connectivity index (χ4v) is 11.1. The van der Waals surface area contributed by atoms with E-state index in [1.807, 2.05) is 0 Å². The van der Waals surface area contributed by atoms with Crippen LogP contribution in [0.5, 0.6) is 23.0 Å². The van der Waals surface area contributed by atoms with Gasteiger partial charge in [-0.2, -0.15) is 52.7 Å². The van der Waals surface area contributed by atoms with E-state index in [9.17, 15) is 52.7 Å². The summed E-state index contributed by atoms with van der Waals surface area (Å²) in [4.78, 5) is 0. The second-order valence-electron chi connectivity index (χ2n) is 15.7. The Morgan fingerprint density at radius 1 is 0.306 bits per heavy atom. The minimum Gasteiger partial charge on any atom is -0.496 e. The molecule has 0 aliphatic carbocycles. The van der Waals surface area contributed by atoms with Crippen LogP contribution in [-0.2, 0) is 24.7 Å². The summed E-state index contributed by atoms with van der Waals surface area (Å²) < 4.78 is 194. The highest BCUT2D eigenvalue weighted by molar-refractivity contribution is 7.69. The summed E-state index contributed by atoms with van der Waals surface area (Å²) in [5, 5.41) is 0.612. The molecule has 0 aromatic heterocycles. The molecule has 0 N–H and O–H groups in total. The predicted molar refractivity (Wildman–Crippen MR) is 255 cm³/mol. The largest absolute Gasteiger partial charge is 0.496 e. The van der Waals surface area contributed by atoms with Crippen LogP contribution in [0.4, 0.5) is 52.7 Å². The number of benzene rings is 8. The third-order valence-electron chi connectivity index (χ3n) is 11.2. The van der Waals surface area contributed by atoms with Crippen molar-refractivity contribution in [3.63, 3.8) is 0 Å². The van der Waals surface area contributed by atoms with Gasteiger partial charge in [-0.05, 0) is 83.9 Å². The SMILES string of the molecule is COc1ccc(-c2ccccc2)c(OP(c2ccc(C(F)(F)F)cc2)c2ccc(C(F)(F)F)cc2)c1-c1c(OC)ccc(-c2ccccc2)c1OP(c1ccc(C(F)(F)F)cc1)c1ccc(C(F)(F)F)cc1. The van der Waals surface area contributed by atoms with E-state index in [1.54, 1.807) is 84.9 Å². The van der Waals surface area contributed by atoms with Crippen LogP contribution in [0.2, 0.25) is 0 Å². The molecule has 0 unspecified atom stereocenters. The van der Waals surface area contributed by atoms with Gasteiger partial charge in [0, 0.05) is 32.3 Å². The van der Waals surface area contributed by atoms with Gasteiger partial charge in [-0.25, -0.2) is 0 Å². The van der Waals surface area contributed by atoms with Gasteiger partial charge in [0.25, 0.3) is 0 Å². The van der Waals surface area contributed by atoms with Gasteiger partial charge in [0.15, 0.2) is 16.3 Å². The molecule has 8 rings (SSSR count). The molecule has 0 heterocycles. The molecule has 0 saturated heterocycles. The highest BCUT2D eigenvalue weighted by atomic mass is 31.1. The van der Waals surface area contributed by atoms with Crippen LogP contribution in [0.3, 0.4) is 0 Å². The zero-order valence-corrected chi connectivity index (χ0v) is 39.2. The van der Waals surface area contributed by atoms with E-state index >= 15 is 0 Å². The lowest BCUT2D eigenvalue weighted by atomic mass is 9.92. The number of alkyl halides is 12. The molecule has 18 heteroatoms. The average molecular weight is 1040 g/mol. The van der Waals surface area contributed by atoms with Crippen molar-refractivity contribution in [3.05, 3.63) is 204 Å². The van der Waals surface area contributed by atoms with Crippen molar-refractivity contribution in [2.75, 3.05) is 14.2 Å². The summed E-state index contributed by atoms with van der Waals surface area (Å²) in [5.41, 5.74) is -2.05. The van der Waals surface area contributed by atoms with Crippen molar-refractivity contribution < 1.29 is 71.2 Å². The first-order chi connectivity index (χ1) is 34.1. The number of ether oxygens (including phenoxy) is 2. The van der Waals surface area contributed by atoms with Gasteiger partial charge >= 0.3 is 24.7 Å². The Morgan fingerprint density at radius 3 is 0.778 bits per heavy atom. The molecular formula is C54H36F12O4P2. The topological polar surface area (TPSA) is 36.9 Å². The van der Waals surface area contributed by atoms with E-state index in [2.05, 4.69) is 0 Å². The molecule has 72 heavy (non-hydrogen) atoms. The molecule has 0 saturated carbocycles. The minimum atomic E-state index is -4.74. The lowest BCUT2D eigenvalue weighted by molar-refractivity contribution is -0.138. The van der Waals surface area contributed by atoms with Crippen LogP contribution in [-0.4, -0.2) is 14.2 Å². The maximum Gasteiger partial charge on any atom is 0.416 e. The first-order valence-corrected chi connectivity index (χ1v) is 23.9. The van der Waals surface area contributed by atoms with Crippen LogP contribution >= 0.6 is 16.3 Å². The number of rotatable bonds is 13. The minimum absolute atomic E-state index is 0.0202. The average Bonchev–Trinajstić information content (AvgIpc) is 3.36. The van der Waals surface area contributed by atoms with Crippen LogP contribution < -0.4 is 39.7 Å². The first-order valence-electron chi connectivity index (χ1n) is 21.3. The second kappa shape index (κ2) is 20.6. The van der Waals surface area contributed by atoms with E-state index in [0.717, 1.165) is 48.5 Å². The molecule has 8 aromatic rings. The van der Waals surface area contributed by atoms with E-state index in [0.29, 0.717) is 22.3 Å². The molecule has 0 radical (unpaired) electrons. The molecule has 4 nitrogen and oxygen atoms in total. The zero-order chi connectivity index (χ0) is 51.6. The van der Waals surface area contributed by atoms with Gasteiger partial charge in [-0.3, -0.25) is 0 Å². The van der Waals surface area contributed by atoms with E-state index in [-0.39, 0.29) is 55.3 Å². The fourth-order valence-electron chi connectivity index (χ4n) is 7.66. The molecule has 0 bridgehead atoms. The molecule has 0 amide bonds. The molecule has 0 fully saturated rings. The smallest absolute Gasteiger partial charge is 0.416 e. The van der Waals surface area contributed by atoms with Crippen molar-refractivity contribution in [3.8, 4) is 56.4 Å². The van der Waals surface area contributed by atoms with Crippen LogP contribution in [0.15, 0.2) is 182 Å². The summed E-state index contributed by atoms with van der Waals surface area (Å²) in [7, 11) is -2.12. The molecular weight excluding hydrogens is 1000 g/mol. The molecule has 0 aliphatic heterocycles. The van der Waals surface area contributed by atoms with Crippen LogP contribution in [0.1, 0.15) is 22.3 Å². The maximum atomic E-state index is 14.0. The van der Waals surface area contributed by atoms with Crippen molar-refractivity contribution in [1.29, 1.82) is 0 Å². The zero-order valence-electron chi connectivity index (χ0n) is 37.4. The van der Waals surface area contributed by atoms with Crippen molar-refractivity contribution >= 4 is 37.5 Å². The van der Waals surface area contributed by atoms with Gasteiger partial charge in [-0.1, -0.05) is 109 Å². The third kappa shape index (κ3) is 11.2. The summed E-state index contributed by atoms with van der Waals surface area (Å²) in [5.74, 6) is 0.129. The van der Waals surface area contributed by atoms with Crippen LogP contribution in [0, 0.1) is 0 Å². The van der Waals surface area contributed by atoms with Crippen LogP contribution in [0.25, 0.3) is 33.4 Å². The quantitative estimate of drug-likeness (QED) is 0.0852. The van der Waals surface area contributed by atoms with E-state index in [1.165, 1.54) is 62.8 Å². The number of hydrogen-bond donors (Lipinski definition) is 0. The summed E-state index contributed by atoms with van der Waals surface area (Å²) >= 11 is 0. The molecule has 8 aromatic carbocycles. The number of hydrogen-bond acceptors (Lipinski definition) is 4. The summed E-state index contributed by atoms with van der Waals surface area (Å²) in [6, 6.07) is 39.8. The lowest BCUT2D eigenvalue weighted by Gasteiger charge is -2.28. The Labute approximate surface area is 407 Å². The molecule has 370 valence electrons. The highest BCUT2D eigenvalue weighted by Gasteiger charge is 2.37. The Balaban J connectivity index is 1.45. The van der Waals surface area contributed by atoms with Crippen molar-refractivity contribution in [2.24, 2.45) is 0 Å². The monoisotopic (exact) mass is 1040 g/mol. The summed E-state index contributed by atoms with van der Waals surface area (Å²) in [6.07, 6.45) is -19.0. The molecule has 0 aliphatic rings. The van der Waals surface area contributed by atoms with E-state index < -0.39 is 63.3 Å². The Morgan fingerprint density at radius 2 is 0.556 bits per heavy atom. The fraction of sp³-hybridized carbons (Fsp3) is 0.111. The van der Waals surface area contributed by atoms with Gasteiger partial charge in [-0.15, -0.1) is 0 Å². The maximum absolute atomic E-state index is 14.0.